The second kappa shape index (κ2) is 7.64. The van der Waals surface area contributed by atoms with Crippen molar-refractivity contribution in [3.05, 3.63) is 95.1 Å². The van der Waals surface area contributed by atoms with E-state index in [9.17, 15) is 0 Å². The maximum Gasteiger partial charge on any atom is 0.0336 e. The normalized spacial score (nSPS) is 13.6. The van der Waals surface area contributed by atoms with Gasteiger partial charge in [-0.05, 0) is 37.0 Å². The predicted molar refractivity (Wildman–Crippen MR) is 92.7 cm³/mol. The third-order valence-corrected chi connectivity index (χ3v) is 3.68. The second-order valence-corrected chi connectivity index (χ2v) is 5.37. The Hall–Kier alpha value is -2.08. The SMILES string of the molecule is C/C=C\C(=C/CC)C(c1ccccc1)c1ccc(C)cc1. The first-order chi connectivity index (χ1) is 10.3. The Morgan fingerprint density at radius 1 is 0.952 bits per heavy atom. The van der Waals surface area contributed by atoms with Gasteiger partial charge >= 0.3 is 0 Å². The highest BCUT2D eigenvalue weighted by molar-refractivity contribution is 5.45. The van der Waals surface area contributed by atoms with Crippen LogP contribution in [0.5, 0.6) is 0 Å². The first kappa shape index (κ1) is 15.3. The molecule has 0 amide bonds. The van der Waals surface area contributed by atoms with Crippen LogP contribution in [0.15, 0.2) is 78.4 Å². The lowest BCUT2D eigenvalue weighted by Crippen LogP contribution is -2.04. The van der Waals surface area contributed by atoms with Gasteiger partial charge in [-0.25, -0.2) is 0 Å². The summed E-state index contributed by atoms with van der Waals surface area (Å²) in [5.74, 6) is 0.308. The molecule has 0 N–H and O–H groups in total. The standard InChI is InChI=1S/C21H24/c1-4-9-18(10-5-2)21(19-11-7-6-8-12-19)20-15-13-17(3)14-16-20/h4,6-16,21H,5H2,1-3H3/b9-4-,18-10+. The van der Waals surface area contributed by atoms with Crippen molar-refractivity contribution in [2.24, 2.45) is 0 Å². The van der Waals surface area contributed by atoms with Crippen molar-refractivity contribution in [3.8, 4) is 0 Å². The third kappa shape index (κ3) is 3.95. The molecule has 0 aliphatic carbocycles. The zero-order chi connectivity index (χ0) is 15.1. The molecule has 1 atom stereocenters. The molecule has 0 nitrogen and oxygen atoms in total. The molecule has 0 saturated heterocycles. The molecule has 0 aromatic heterocycles. The molecule has 0 radical (unpaired) electrons. The number of aryl methyl sites for hydroxylation is 1. The van der Waals surface area contributed by atoms with Crippen LogP contribution in [-0.2, 0) is 0 Å². The van der Waals surface area contributed by atoms with Gasteiger partial charge in [-0.3, -0.25) is 0 Å². The molecular weight excluding hydrogens is 252 g/mol. The van der Waals surface area contributed by atoms with Gasteiger partial charge < -0.3 is 0 Å². The summed E-state index contributed by atoms with van der Waals surface area (Å²) in [7, 11) is 0. The maximum atomic E-state index is 2.33. The average Bonchev–Trinajstić information content (AvgIpc) is 2.51. The fourth-order valence-corrected chi connectivity index (χ4v) is 2.69. The van der Waals surface area contributed by atoms with E-state index in [0.29, 0.717) is 5.92 Å². The van der Waals surface area contributed by atoms with Crippen molar-refractivity contribution in [1.29, 1.82) is 0 Å². The number of hydrogen-bond acceptors (Lipinski definition) is 0. The molecule has 0 saturated carbocycles. The molecule has 2 rings (SSSR count). The van der Waals surface area contributed by atoms with Crippen LogP contribution in [0.3, 0.4) is 0 Å². The van der Waals surface area contributed by atoms with E-state index in [4.69, 9.17) is 0 Å². The molecule has 0 heterocycles. The lowest BCUT2D eigenvalue weighted by molar-refractivity contribution is 0.959. The van der Waals surface area contributed by atoms with Gasteiger partial charge in [0.25, 0.3) is 0 Å². The largest absolute Gasteiger partial charge is 0.0874 e. The van der Waals surface area contributed by atoms with Crippen LogP contribution in [0.4, 0.5) is 0 Å². The minimum Gasteiger partial charge on any atom is -0.0874 e. The van der Waals surface area contributed by atoms with Crippen molar-refractivity contribution < 1.29 is 0 Å². The summed E-state index contributed by atoms with van der Waals surface area (Å²) in [6, 6.07) is 19.7. The molecule has 21 heavy (non-hydrogen) atoms. The molecule has 0 aliphatic heterocycles. The molecule has 2 aromatic rings. The zero-order valence-electron chi connectivity index (χ0n) is 13.2. The fourth-order valence-electron chi connectivity index (χ4n) is 2.69. The fraction of sp³-hybridized carbons (Fsp3) is 0.238. The quantitative estimate of drug-likeness (QED) is 0.584. The van der Waals surface area contributed by atoms with Crippen LogP contribution >= 0.6 is 0 Å². The Bertz CT molecular complexity index is 600. The van der Waals surface area contributed by atoms with E-state index in [1.165, 1.54) is 22.3 Å². The Morgan fingerprint density at radius 3 is 2.14 bits per heavy atom. The second-order valence-electron chi connectivity index (χ2n) is 5.37. The van der Waals surface area contributed by atoms with Crippen LogP contribution in [0.25, 0.3) is 0 Å². The summed E-state index contributed by atoms with van der Waals surface area (Å²) < 4.78 is 0. The van der Waals surface area contributed by atoms with E-state index in [-0.39, 0.29) is 0 Å². The minimum atomic E-state index is 0.308. The summed E-state index contributed by atoms with van der Waals surface area (Å²) in [6.45, 7) is 6.41. The third-order valence-electron chi connectivity index (χ3n) is 3.68. The first-order valence-electron chi connectivity index (χ1n) is 7.70. The van der Waals surface area contributed by atoms with Crippen LogP contribution in [0.1, 0.15) is 42.9 Å². The van der Waals surface area contributed by atoms with Gasteiger partial charge in [0.1, 0.15) is 0 Å². The summed E-state index contributed by atoms with van der Waals surface area (Å²) in [5, 5.41) is 0. The minimum absolute atomic E-state index is 0.308. The molecule has 2 aromatic carbocycles. The van der Waals surface area contributed by atoms with Crippen molar-refractivity contribution in [3.63, 3.8) is 0 Å². The number of benzene rings is 2. The van der Waals surface area contributed by atoms with Crippen LogP contribution in [-0.4, -0.2) is 0 Å². The molecule has 0 heteroatoms. The highest BCUT2D eigenvalue weighted by Crippen LogP contribution is 2.33. The summed E-state index contributed by atoms with van der Waals surface area (Å²) >= 11 is 0. The van der Waals surface area contributed by atoms with E-state index in [1.54, 1.807) is 0 Å². The first-order valence-corrected chi connectivity index (χ1v) is 7.70. The monoisotopic (exact) mass is 276 g/mol. The molecular formula is C21H24. The lowest BCUT2D eigenvalue weighted by Gasteiger charge is -2.20. The van der Waals surface area contributed by atoms with Crippen molar-refractivity contribution >= 4 is 0 Å². The number of rotatable bonds is 5. The number of hydrogen-bond donors (Lipinski definition) is 0. The summed E-state index contributed by atoms with van der Waals surface area (Å²) in [6.07, 6.45) is 7.75. The molecule has 0 bridgehead atoms. The zero-order valence-corrected chi connectivity index (χ0v) is 13.2. The van der Waals surface area contributed by atoms with Crippen molar-refractivity contribution in [2.75, 3.05) is 0 Å². The van der Waals surface area contributed by atoms with Gasteiger partial charge in [0.05, 0.1) is 0 Å². The van der Waals surface area contributed by atoms with Gasteiger partial charge in [0.15, 0.2) is 0 Å². The number of allylic oxidation sites excluding steroid dienone is 4. The molecule has 0 aliphatic rings. The summed E-state index contributed by atoms with van der Waals surface area (Å²) in [5.41, 5.74) is 5.37. The maximum absolute atomic E-state index is 2.33. The van der Waals surface area contributed by atoms with E-state index in [1.807, 2.05) is 0 Å². The van der Waals surface area contributed by atoms with E-state index >= 15 is 0 Å². The average molecular weight is 276 g/mol. The Labute approximate surface area is 128 Å². The lowest BCUT2D eigenvalue weighted by atomic mass is 9.84. The van der Waals surface area contributed by atoms with E-state index in [2.05, 4.69) is 93.6 Å². The van der Waals surface area contributed by atoms with Crippen LogP contribution in [0.2, 0.25) is 0 Å². The summed E-state index contributed by atoms with van der Waals surface area (Å²) in [4.78, 5) is 0. The Kier molecular flexibility index (Phi) is 5.57. The van der Waals surface area contributed by atoms with Gasteiger partial charge in [0, 0.05) is 5.92 Å². The van der Waals surface area contributed by atoms with Gasteiger partial charge in [-0.15, -0.1) is 0 Å². The molecule has 0 spiro atoms. The Morgan fingerprint density at radius 2 is 1.57 bits per heavy atom. The van der Waals surface area contributed by atoms with Gasteiger partial charge in [-0.1, -0.05) is 85.3 Å². The van der Waals surface area contributed by atoms with E-state index in [0.717, 1.165) is 6.42 Å². The van der Waals surface area contributed by atoms with Crippen LogP contribution in [0, 0.1) is 6.92 Å². The van der Waals surface area contributed by atoms with E-state index < -0.39 is 0 Å². The van der Waals surface area contributed by atoms with Crippen molar-refractivity contribution in [2.45, 2.75) is 33.1 Å². The molecule has 1 unspecified atom stereocenters. The topological polar surface area (TPSA) is 0 Å². The van der Waals surface area contributed by atoms with Crippen molar-refractivity contribution in [1.82, 2.24) is 0 Å². The Balaban J connectivity index is 2.53. The molecule has 0 fully saturated rings. The highest BCUT2D eigenvalue weighted by Gasteiger charge is 2.16. The van der Waals surface area contributed by atoms with Gasteiger partial charge in [0.2, 0.25) is 0 Å². The predicted octanol–water partition coefficient (Wildman–Crippen LogP) is 6.04. The molecule has 108 valence electrons. The smallest absolute Gasteiger partial charge is 0.0336 e. The van der Waals surface area contributed by atoms with Gasteiger partial charge in [-0.2, -0.15) is 0 Å². The van der Waals surface area contributed by atoms with Crippen LogP contribution < -0.4 is 0 Å². The highest BCUT2D eigenvalue weighted by atomic mass is 14.2.